The van der Waals surface area contributed by atoms with Gasteiger partial charge in [-0.1, -0.05) is 25.1 Å². The Morgan fingerprint density at radius 2 is 2.08 bits per heavy atom. The van der Waals surface area contributed by atoms with Crippen LogP contribution in [-0.4, -0.2) is 12.6 Å². The second-order valence-corrected chi connectivity index (χ2v) is 2.90. The Morgan fingerprint density at radius 1 is 1.38 bits per heavy atom. The van der Waals surface area contributed by atoms with Crippen LogP contribution >= 0.6 is 0 Å². The highest BCUT2D eigenvalue weighted by Gasteiger charge is 2.03. The fourth-order valence-electron chi connectivity index (χ4n) is 0.997. The molecule has 0 saturated carbocycles. The molecule has 1 aromatic carbocycles. The zero-order valence-electron chi connectivity index (χ0n) is 7.86. The molecule has 0 aliphatic carbocycles. The van der Waals surface area contributed by atoms with Crippen molar-refractivity contribution >= 4 is 0 Å². The van der Waals surface area contributed by atoms with E-state index in [-0.39, 0.29) is 6.04 Å². The third-order valence-electron chi connectivity index (χ3n) is 1.92. The van der Waals surface area contributed by atoms with Gasteiger partial charge in [0.1, 0.15) is 12.4 Å². The maximum atomic E-state index is 5.51. The lowest BCUT2D eigenvalue weighted by Crippen LogP contribution is -2.38. The molecule has 1 unspecified atom stereocenters. The lowest BCUT2D eigenvalue weighted by Gasteiger charge is -2.14. The van der Waals surface area contributed by atoms with Crippen molar-refractivity contribution in [2.24, 2.45) is 5.84 Å². The molecule has 0 aromatic heterocycles. The third kappa shape index (κ3) is 3.44. The van der Waals surface area contributed by atoms with E-state index in [1.807, 2.05) is 30.3 Å². The summed E-state index contributed by atoms with van der Waals surface area (Å²) >= 11 is 0. The van der Waals surface area contributed by atoms with Crippen LogP contribution in [0.1, 0.15) is 13.3 Å². The molecule has 0 amide bonds. The molecule has 0 fully saturated rings. The van der Waals surface area contributed by atoms with E-state index in [1.165, 1.54) is 0 Å². The van der Waals surface area contributed by atoms with Gasteiger partial charge in [0, 0.05) is 0 Å². The molecule has 0 heterocycles. The second-order valence-electron chi connectivity index (χ2n) is 2.90. The fourth-order valence-corrected chi connectivity index (χ4v) is 0.997. The van der Waals surface area contributed by atoms with Gasteiger partial charge < -0.3 is 4.74 Å². The van der Waals surface area contributed by atoms with E-state index in [0.29, 0.717) is 6.61 Å². The van der Waals surface area contributed by atoms with Crippen molar-refractivity contribution < 1.29 is 4.74 Å². The lowest BCUT2D eigenvalue weighted by molar-refractivity contribution is 0.261. The summed E-state index contributed by atoms with van der Waals surface area (Å²) in [6.45, 7) is 2.68. The Morgan fingerprint density at radius 3 is 2.62 bits per heavy atom. The molecule has 72 valence electrons. The maximum Gasteiger partial charge on any atom is 0.119 e. The third-order valence-corrected chi connectivity index (χ3v) is 1.92. The summed E-state index contributed by atoms with van der Waals surface area (Å²) in [6.07, 6.45) is 0.962. The predicted octanol–water partition coefficient (Wildman–Crippen LogP) is 1.31. The number of benzene rings is 1. The van der Waals surface area contributed by atoms with E-state index >= 15 is 0 Å². The number of hydrogen-bond acceptors (Lipinski definition) is 3. The molecule has 3 N–H and O–H groups in total. The van der Waals surface area contributed by atoms with Crippen molar-refractivity contribution in [1.82, 2.24) is 5.43 Å². The quantitative estimate of drug-likeness (QED) is 0.530. The molecule has 0 aliphatic rings. The van der Waals surface area contributed by atoms with Gasteiger partial charge in [-0.05, 0) is 18.6 Å². The Bertz CT molecular complexity index is 222. The minimum atomic E-state index is 0.222. The van der Waals surface area contributed by atoms with Crippen LogP contribution in [-0.2, 0) is 0 Å². The van der Waals surface area contributed by atoms with Crippen LogP contribution in [0.4, 0.5) is 0 Å². The van der Waals surface area contributed by atoms with E-state index in [1.54, 1.807) is 0 Å². The van der Waals surface area contributed by atoms with Crippen LogP contribution in [0.3, 0.4) is 0 Å². The van der Waals surface area contributed by atoms with E-state index in [2.05, 4.69) is 12.3 Å². The second kappa shape index (κ2) is 5.56. The van der Waals surface area contributed by atoms with Gasteiger partial charge in [0.05, 0.1) is 6.04 Å². The number of hydrogen-bond donors (Lipinski definition) is 2. The number of rotatable bonds is 5. The van der Waals surface area contributed by atoms with Gasteiger partial charge in [-0.2, -0.15) is 0 Å². The number of para-hydroxylation sites is 1. The average molecular weight is 180 g/mol. The van der Waals surface area contributed by atoms with Crippen LogP contribution in [0.15, 0.2) is 30.3 Å². The van der Waals surface area contributed by atoms with E-state index < -0.39 is 0 Å². The van der Waals surface area contributed by atoms with E-state index in [4.69, 9.17) is 10.6 Å². The molecule has 0 radical (unpaired) electrons. The first-order valence-electron chi connectivity index (χ1n) is 4.50. The molecule has 13 heavy (non-hydrogen) atoms. The van der Waals surface area contributed by atoms with E-state index in [0.717, 1.165) is 12.2 Å². The average Bonchev–Trinajstić information content (AvgIpc) is 2.21. The smallest absolute Gasteiger partial charge is 0.119 e. The molecule has 0 bridgehead atoms. The van der Waals surface area contributed by atoms with Crippen LogP contribution in [0, 0.1) is 0 Å². The van der Waals surface area contributed by atoms with Crippen molar-refractivity contribution in [1.29, 1.82) is 0 Å². The van der Waals surface area contributed by atoms with Crippen molar-refractivity contribution in [3.63, 3.8) is 0 Å². The molecule has 1 rings (SSSR count). The largest absolute Gasteiger partial charge is 0.492 e. The molecule has 1 atom stereocenters. The van der Waals surface area contributed by atoms with Gasteiger partial charge in [-0.15, -0.1) is 0 Å². The fraction of sp³-hybridized carbons (Fsp3) is 0.400. The summed E-state index contributed by atoms with van der Waals surface area (Å²) in [5, 5.41) is 0. The Balaban J connectivity index is 2.34. The molecular weight excluding hydrogens is 164 g/mol. The summed E-state index contributed by atoms with van der Waals surface area (Å²) in [7, 11) is 0. The highest BCUT2D eigenvalue weighted by atomic mass is 16.5. The molecule has 0 spiro atoms. The van der Waals surface area contributed by atoms with Gasteiger partial charge in [0.15, 0.2) is 0 Å². The van der Waals surface area contributed by atoms with E-state index in [9.17, 15) is 0 Å². The normalized spacial score (nSPS) is 12.5. The summed E-state index contributed by atoms with van der Waals surface area (Å²) in [6, 6.07) is 9.95. The zero-order chi connectivity index (χ0) is 9.52. The molecule has 3 heteroatoms. The number of nitrogens with two attached hydrogens (primary N) is 1. The summed E-state index contributed by atoms with van der Waals surface area (Å²) in [5.41, 5.74) is 2.70. The minimum absolute atomic E-state index is 0.222. The van der Waals surface area contributed by atoms with Crippen molar-refractivity contribution in [2.75, 3.05) is 6.61 Å². The molecule has 1 aromatic rings. The number of ether oxygens (including phenoxy) is 1. The van der Waals surface area contributed by atoms with Crippen LogP contribution in [0.5, 0.6) is 5.75 Å². The first-order valence-corrected chi connectivity index (χ1v) is 4.50. The van der Waals surface area contributed by atoms with Crippen molar-refractivity contribution in [3.05, 3.63) is 30.3 Å². The Kier molecular flexibility index (Phi) is 4.29. The first kappa shape index (κ1) is 10.0. The Hall–Kier alpha value is -1.06. The molecule has 0 saturated heterocycles. The Labute approximate surface area is 78.9 Å². The first-order chi connectivity index (χ1) is 6.36. The molecule has 3 nitrogen and oxygen atoms in total. The summed E-state index contributed by atoms with van der Waals surface area (Å²) in [5.74, 6) is 6.20. The zero-order valence-corrected chi connectivity index (χ0v) is 7.86. The van der Waals surface area contributed by atoms with Crippen molar-refractivity contribution in [2.45, 2.75) is 19.4 Å². The number of hydrazine groups is 1. The highest BCUT2D eigenvalue weighted by molar-refractivity contribution is 5.20. The predicted molar refractivity (Wildman–Crippen MR) is 53.3 cm³/mol. The minimum Gasteiger partial charge on any atom is -0.492 e. The highest BCUT2D eigenvalue weighted by Crippen LogP contribution is 2.08. The monoisotopic (exact) mass is 180 g/mol. The summed E-state index contributed by atoms with van der Waals surface area (Å²) < 4.78 is 5.51. The van der Waals surface area contributed by atoms with Gasteiger partial charge in [0.25, 0.3) is 0 Å². The standard InChI is InChI=1S/C10H16N2O/c1-2-9(12-11)8-13-10-6-4-3-5-7-10/h3-7,9,12H,2,8,11H2,1H3. The van der Waals surface area contributed by atoms with Crippen LogP contribution in [0.25, 0.3) is 0 Å². The number of nitrogens with one attached hydrogen (secondary N) is 1. The van der Waals surface area contributed by atoms with Gasteiger partial charge in [-0.3, -0.25) is 11.3 Å². The lowest BCUT2D eigenvalue weighted by atomic mass is 10.2. The van der Waals surface area contributed by atoms with Crippen LogP contribution in [0.2, 0.25) is 0 Å². The summed E-state index contributed by atoms with van der Waals surface area (Å²) in [4.78, 5) is 0. The van der Waals surface area contributed by atoms with Gasteiger partial charge in [0.2, 0.25) is 0 Å². The SMILES string of the molecule is CCC(COc1ccccc1)NN. The topological polar surface area (TPSA) is 47.3 Å². The van der Waals surface area contributed by atoms with Crippen LogP contribution < -0.4 is 16.0 Å². The van der Waals surface area contributed by atoms with Gasteiger partial charge >= 0.3 is 0 Å². The molecular formula is C10H16N2O. The van der Waals surface area contributed by atoms with Gasteiger partial charge in [-0.25, -0.2) is 0 Å². The molecule has 0 aliphatic heterocycles. The maximum absolute atomic E-state index is 5.51. The van der Waals surface area contributed by atoms with Crippen molar-refractivity contribution in [3.8, 4) is 5.75 Å².